The molecule has 0 aliphatic heterocycles. The van der Waals surface area contributed by atoms with Crippen LogP contribution in [0.4, 0.5) is 0 Å². The van der Waals surface area contributed by atoms with Crippen LogP contribution in [0.1, 0.15) is 26.0 Å². The number of aromatic nitrogens is 1. The van der Waals surface area contributed by atoms with Crippen LogP contribution in [0.3, 0.4) is 0 Å². The third kappa shape index (κ3) is 4.93. The molecule has 0 fully saturated rings. The highest BCUT2D eigenvalue weighted by Crippen LogP contribution is 1.99. The van der Waals surface area contributed by atoms with Crippen molar-refractivity contribution >= 4 is 6.21 Å². The second kappa shape index (κ2) is 7.40. The quantitative estimate of drug-likeness (QED) is 0.319. The molecule has 0 bridgehead atoms. The number of hydrogen-bond acceptors (Lipinski definition) is 2. The lowest BCUT2D eigenvalue weighted by Gasteiger charge is -2.02. The Bertz CT molecular complexity index is 313. The zero-order valence-corrected chi connectivity index (χ0v) is 10.7. The van der Waals surface area contributed by atoms with Crippen LogP contribution in [0, 0.1) is 5.92 Å². The number of rotatable bonds is 4. The first-order valence-corrected chi connectivity index (χ1v) is 4.90. The minimum atomic E-state index is 0. The Morgan fingerprint density at radius 2 is 2.20 bits per heavy atom. The maximum absolute atomic E-state index is 8.48. The minimum Gasteiger partial charge on any atom is -1.00 e. The molecule has 0 unspecified atom stereocenters. The molecule has 1 aromatic heterocycles. The average molecular weight is 273 g/mol. The largest absolute Gasteiger partial charge is 1.00 e. The van der Waals surface area contributed by atoms with Gasteiger partial charge in [-0.25, -0.2) is 0 Å². The van der Waals surface area contributed by atoms with Gasteiger partial charge >= 0.3 is 0 Å². The molecule has 0 aliphatic carbocycles. The molecule has 0 radical (unpaired) electrons. The van der Waals surface area contributed by atoms with E-state index in [1.807, 2.05) is 24.4 Å². The summed E-state index contributed by atoms with van der Waals surface area (Å²) in [6.45, 7) is 5.35. The van der Waals surface area contributed by atoms with Gasteiger partial charge in [0.25, 0.3) is 0 Å². The Labute approximate surface area is 101 Å². The maximum atomic E-state index is 8.48. The molecule has 1 heterocycles. The molecule has 0 saturated heterocycles. The maximum Gasteiger partial charge on any atom is 0.227 e. The molecule has 0 aromatic carbocycles. The van der Waals surface area contributed by atoms with Gasteiger partial charge in [-0.3, -0.25) is 0 Å². The lowest BCUT2D eigenvalue weighted by molar-refractivity contribution is -0.698. The number of pyridine rings is 1. The molecule has 3 nitrogen and oxygen atoms in total. The van der Waals surface area contributed by atoms with Crippen LogP contribution in [0.15, 0.2) is 29.6 Å². The Balaban J connectivity index is 0.00000196. The predicted molar refractivity (Wildman–Crippen MR) is 55.5 cm³/mol. The molecule has 0 aliphatic rings. The SMILES string of the molecule is CC(C)CC[n+]1ccccc1C=NO.[Br-]. The molecular formula is C11H17BrN2O. The molecule has 0 atom stereocenters. The summed E-state index contributed by atoms with van der Waals surface area (Å²) in [7, 11) is 0. The molecule has 0 saturated carbocycles. The molecule has 0 amide bonds. The highest BCUT2D eigenvalue weighted by molar-refractivity contribution is 5.74. The Kier molecular flexibility index (Phi) is 6.96. The number of nitrogens with zero attached hydrogens (tertiary/aromatic N) is 2. The summed E-state index contributed by atoms with van der Waals surface area (Å²) in [6, 6.07) is 5.85. The van der Waals surface area contributed by atoms with E-state index in [0.717, 1.165) is 18.7 Å². The van der Waals surface area contributed by atoms with Crippen LogP contribution in [-0.4, -0.2) is 11.4 Å². The molecule has 1 rings (SSSR count). The van der Waals surface area contributed by atoms with Crippen LogP contribution < -0.4 is 21.5 Å². The van der Waals surface area contributed by atoms with Gasteiger partial charge in [0.15, 0.2) is 6.20 Å². The van der Waals surface area contributed by atoms with Crippen molar-refractivity contribution in [3.63, 3.8) is 0 Å². The standard InChI is InChI=1S/C11H16N2O.BrH/c1-10(2)6-8-13-7-4-3-5-11(13)9-12-14;/h3-5,7,9-10H,6,8H2,1-2H3;1H. The molecule has 84 valence electrons. The van der Waals surface area contributed by atoms with E-state index in [9.17, 15) is 0 Å². The Morgan fingerprint density at radius 3 is 2.80 bits per heavy atom. The van der Waals surface area contributed by atoms with Crippen molar-refractivity contribution in [2.75, 3.05) is 0 Å². The van der Waals surface area contributed by atoms with E-state index in [1.165, 1.54) is 6.21 Å². The second-order valence-electron chi connectivity index (χ2n) is 3.75. The number of aryl methyl sites for hydroxylation is 1. The highest BCUT2D eigenvalue weighted by Gasteiger charge is 2.07. The lowest BCUT2D eigenvalue weighted by atomic mass is 10.1. The van der Waals surface area contributed by atoms with Gasteiger partial charge in [0, 0.05) is 18.6 Å². The van der Waals surface area contributed by atoms with E-state index >= 15 is 0 Å². The normalized spacial score (nSPS) is 10.6. The van der Waals surface area contributed by atoms with Gasteiger partial charge in [-0.2, -0.15) is 4.57 Å². The molecule has 4 heteroatoms. The summed E-state index contributed by atoms with van der Waals surface area (Å²) in [5, 5.41) is 11.5. The van der Waals surface area contributed by atoms with Crippen molar-refractivity contribution in [2.45, 2.75) is 26.8 Å². The molecular weight excluding hydrogens is 256 g/mol. The predicted octanol–water partition coefficient (Wildman–Crippen LogP) is -1.17. The van der Waals surface area contributed by atoms with Crippen LogP contribution >= 0.6 is 0 Å². The van der Waals surface area contributed by atoms with Crippen LogP contribution in [-0.2, 0) is 6.54 Å². The summed E-state index contributed by atoms with van der Waals surface area (Å²) >= 11 is 0. The van der Waals surface area contributed by atoms with E-state index < -0.39 is 0 Å². The van der Waals surface area contributed by atoms with Gasteiger partial charge in [-0.15, -0.1) is 0 Å². The van der Waals surface area contributed by atoms with Gasteiger partial charge in [-0.1, -0.05) is 19.0 Å². The Morgan fingerprint density at radius 1 is 1.47 bits per heavy atom. The van der Waals surface area contributed by atoms with Crippen LogP contribution in [0.2, 0.25) is 0 Å². The Hall–Kier alpha value is -0.900. The summed E-state index contributed by atoms with van der Waals surface area (Å²) < 4.78 is 2.08. The zero-order valence-electron chi connectivity index (χ0n) is 9.10. The lowest BCUT2D eigenvalue weighted by Crippen LogP contribution is -3.00. The van der Waals surface area contributed by atoms with E-state index in [2.05, 4.69) is 23.6 Å². The number of hydrogen-bond donors (Lipinski definition) is 1. The molecule has 1 aromatic rings. The first-order valence-electron chi connectivity index (χ1n) is 4.90. The number of oxime groups is 1. The van der Waals surface area contributed by atoms with Crippen molar-refractivity contribution < 1.29 is 26.8 Å². The van der Waals surface area contributed by atoms with Crippen molar-refractivity contribution in [3.05, 3.63) is 30.1 Å². The van der Waals surface area contributed by atoms with Crippen molar-refractivity contribution in [3.8, 4) is 0 Å². The van der Waals surface area contributed by atoms with Crippen molar-refractivity contribution in [1.29, 1.82) is 0 Å². The fourth-order valence-corrected chi connectivity index (χ4v) is 1.27. The van der Waals surface area contributed by atoms with Crippen molar-refractivity contribution in [2.24, 2.45) is 11.1 Å². The summed E-state index contributed by atoms with van der Waals surface area (Å²) in [4.78, 5) is 0. The minimum absolute atomic E-state index is 0. The summed E-state index contributed by atoms with van der Waals surface area (Å²) in [5.41, 5.74) is 0.927. The van der Waals surface area contributed by atoms with E-state index in [4.69, 9.17) is 5.21 Å². The first-order chi connectivity index (χ1) is 6.74. The highest BCUT2D eigenvalue weighted by atomic mass is 79.9. The van der Waals surface area contributed by atoms with Gasteiger partial charge in [0.05, 0.1) is 0 Å². The zero-order chi connectivity index (χ0) is 10.4. The second-order valence-corrected chi connectivity index (χ2v) is 3.75. The third-order valence-electron chi connectivity index (χ3n) is 2.11. The monoisotopic (exact) mass is 272 g/mol. The molecule has 1 N–H and O–H groups in total. The van der Waals surface area contributed by atoms with E-state index in [1.54, 1.807) is 0 Å². The van der Waals surface area contributed by atoms with Gasteiger partial charge < -0.3 is 22.2 Å². The van der Waals surface area contributed by atoms with Gasteiger partial charge in [-0.05, 0) is 12.0 Å². The van der Waals surface area contributed by atoms with Crippen LogP contribution in [0.5, 0.6) is 0 Å². The van der Waals surface area contributed by atoms with E-state index in [0.29, 0.717) is 5.92 Å². The summed E-state index contributed by atoms with van der Waals surface area (Å²) in [6.07, 6.45) is 4.58. The van der Waals surface area contributed by atoms with Gasteiger partial charge in [0.2, 0.25) is 5.69 Å². The smallest absolute Gasteiger partial charge is 0.227 e. The average Bonchev–Trinajstić information content (AvgIpc) is 2.17. The van der Waals surface area contributed by atoms with Gasteiger partial charge in [0.1, 0.15) is 12.8 Å². The molecule has 15 heavy (non-hydrogen) atoms. The molecule has 0 spiro atoms. The fraction of sp³-hybridized carbons (Fsp3) is 0.455. The number of halogens is 1. The fourth-order valence-electron chi connectivity index (χ4n) is 1.27. The van der Waals surface area contributed by atoms with E-state index in [-0.39, 0.29) is 17.0 Å². The summed E-state index contributed by atoms with van der Waals surface area (Å²) in [5.74, 6) is 0.682. The van der Waals surface area contributed by atoms with Crippen LogP contribution in [0.25, 0.3) is 0 Å². The third-order valence-corrected chi connectivity index (χ3v) is 2.11. The first kappa shape index (κ1) is 14.1. The topological polar surface area (TPSA) is 36.5 Å². The van der Waals surface area contributed by atoms with Crippen molar-refractivity contribution in [1.82, 2.24) is 0 Å².